The van der Waals surface area contributed by atoms with E-state index in [2.05, 4.69) is 13.5 Å². The first kappa shape index (κ1) is 5.99. The molecule has 0 aromatic carbocycles. The molecule has 58 valence electrons. The molecule has 4 saturated carbocycles. The lowest BCUT2D eigenvalue weighted by Crippen LogP contribution is -2.27. The van der Waals surface area contributed by atoms with Gasteiger partial charge in [0.05, 0.1) is 0 Å². The predicted molar refractivity (Wildman–Crippen MR) is 42.0 cm³/mol. The van der Waals surface area contributed by atoms with Crippen molar-refractivity contribution < 1.29 is 4.79 Å². The van der Waals surface area contributed by atoms with E-state index >= 15 is 0 Å². The molecule has 0 aliphatic heterocycles. The van der Waals surface area contributed by atoms with Crippen molar-refractivity contribution >= 4 is 5.78 Å². The largest absolute Gasteiger partial charge is 0.299 e. The number of carbonyl (C=O) groups excluding carboxylic acids is 1. The first-order valence-corrected chi connectivity index (χ1v) is 4.38. The topological polar surface area (TPSA) is 17.1 Å². The maximum Gasteiger partial charge on any atom is 0.144 e. The SMILES string of the molecule is C=C1C2CCC3(C)C1C3C2=O. The molecule has 0 N–H and O–H groups in total. The third-order valence-corrected chi connectivity index (χ3v) is 4.11. The van der Waals surface area contributed by atoms with Crippen molar-refractivity contribution in [2.24, 2.45) is 23.2 Å². The van der Waals surface area contributed by atoms with E-state index in [1.807, 2.05) is 0 Å². The van der Waals surface area contributed by atoms with Crippen LogP contribution in [0.15, 0.2) is 12.2 Å². The van der Waals surface area contributed by atoms with Crippen molar-refractivity contribution in [2.75, 3.05) is 0 Å². The van der Waals surface area contributed by atoms with Crippen molar-refractivity contribution in [3.8, 4) is 0 Å². The fourth-order valence-corrected chi connectivity index (χ4v) is 3.40. The molecular formula is C10H12O. The Labute approximate surface area is 66.5 Å². The van der Waals surface area contributed by atoms with Gasteiger partial charge in [0.2, 0.25) is 0 Å². The molecule has 11 heavy (non-hydrogen) atoms. The van der Waals surface area contributed by atoms with Gasteiger partial charge in [-0.25, -0.2) is 0 Å². The van der Waals surface area contributed by atoms with Crippen LogP contribution >= 0.6 is 0 Å². The van der Waals surface area contributed by atoms with Crippen LogP contribution in [-0.4, -0.2) is 5.78 Å². The summed E-state index contributed by atoms with van der Waals surface area (Å²) in [5.41, 5.74) is 1.62. The summed E-state index contributed by atoms with van der Waals surface area (Å²) in [5.74, 6) is 1.77. The Bertz CT molecular complexity index is 255. The lowest BCUT2D eigenvalue weighted by Gasteiger charge is -2.28. The number of carbonyl (C=O) groups is 1. The minimum absolute atomic E-state index is 0.270. The van der Waals surface area contributed by atoms with Gasteiger partial charge in [0.15, 0.2) is 0 Å². The maximum atomic E-state index is 11.6. The normalized spacial score (nSPS) is 58.5. The van der Waals surface area contributed by atoms with Gasteiger partial charge in [0.25, 0.3) is 0 Å². The molecule has 0 aromatic rings. The maximum absolute atomic E-state index is 11.6. The lowest BCUT2D eigenvalue weighted by molar-refractivity contribution is -0.124. The number of hydrogen-bond acceptors (Lipinski definition) is 1. The van der Waals surface area contributed by atoms with E-state index in [0.29, 0.717) is 23.0 Å². The number of fused-ring (bicyclic) bond motifs is 1. The van der Waals surface area contributed by atoms with E-state index in [9.17, 15) is 4.79 Å². The van der Waals surface area contributed by atoms with Crippen LogP contribution in [0.25, 0.3) is 0 Å². The number of allylic oxidation sites excluding steroid dienone is 1. The third-order valence-electron chi connectivity index (χ3n) is 4.11. The molecular weight excluding hydrogens is 136 g/mol. The predicted octanol–water partition coefficient (Wildman–Crippen LogP) is 1.79. The van der Waals surface area contributed by atoms with Crippen LogP contribution in [0.1, 0.15) is 19.8 Å². The second-order valence-corrected chi connectivity index (χ2v) is 4.53. The minimum Gasteiger partial charge on any atom is -0.299 e. The fraction of sp³-hybridized carbons (Fsp3) is 0.700. The van der Waals surface area contributed by atoms with Crippen molar-refractivity contribution in [2.45, 2.75) is 19.8 Å². The zero-order valence-corrected chi connectivity index (χ0v) is 6.76. The van der Waals surface area contributed by atoms with E-state index < -0.39 is 0 Å². The summed E-state index contributed by atoms with van der Waals surface area (Å²) in [7, 11) is 0. The van der Waals surface area contributed by atoms with Crippen LogP contribution < -0.4 is 0 Å². The van der Waals surface area contributed by atoms with E-state index in [1.165, 1.54) is 12.0 Å². The molecule has 0 amide bonds. The van der Waals surface area contributed by atoms with Gasteiger partial charge in [-0.3, -0.25) is 4.79 Å². The first-order chi connectivity index (χ1) is 5.16. The molecule has 0 aromatic heterocycles. The van der Waals surface area contributed by atoms with Crippen molar-refractivity contribution in [1.29, 1.82) is 0 Å². The molecule has 0 saturated heterocycles. The van der Waals surface area contributed by atoms with Gasteiger partial charge < -0.3 is 0 Å². The first-order valence-electron chi connectivity index (χ1n) is 4.38. The number of ketones is 1. The lowest BCUT2D eigenvalue weighted by atomic mass is 9.75. The summed E-state index contributed by atoms with van der Waals surface area (Å²) in [6.45, 7) is 6.29. The second kappa shape index (κ2) is 1.33. The Morgan fingerprint density at radius 1 is 1.55 bits per heavy atom. The molecule has 4 aliphatic carbocycles. The molecule has 4 rings (SSSR count). The number of rotatable bonds is 0. The number of hydrogen-bond donors (Lipinski definition) is 0. The van der Waals surface area contributed by atoms with Gasteiger partial charge in [-0.2, -0.15) is 0 Å². The van der Waals surface area contributed by atoms with Gasteiger partial charge in [-0.05, 0) is 24.2 Å². The van der Waals surface area contributed by atoms with Crippen LogP contribution in [0.4, 0.5) is 0 Å². The zero-order chi connectivity index (χ0) is 7.80. The third kappa shape index (κ3) is 0.412. The molecule has 0 heterocycles. The van der Waals surface area contributed by atoms with Gasteiger partial charge in [-0.1, -0.05) is 19.1 Å². The highest BCUT2D eigenvalue weighted by Gasteiger charge is 2.74. The molecule has 0 spiro atoms. The summed E-state index contributed by atoms with van der Waals surface area (Å²) in [5, 5.41) is 0. The smallest absolute Gasteiger partial charge is 0.144 e. The molecule has 4 aliphatic rings. The van der Waals surface area contributed by atoms with E-state index in [1.54, 1.807) is 0 Å². The van der Waals surface area contributed by atoms with Gasteiger partial charge in [-0.15, -0.1) is 0 Å². The summed E-state index contributed by atoms with van der Waals surface area (Å²) in [4.78, 5) is 11.6. The average Bonchev–Trinajstić information content (AvgIpc) is 2.49. The number of Topliss-reactive ketones (excluding diaryl/α,β-unsaturated/α-hetero) is 1. The summed E-state index contributed by atoms with van der Waals surface area (Å²) in [6.07, 6.45) is 2.35. The highest BCUT2D eigenvalue weighted by atomic mass is 16.1. The quantitative estimate of drug-likeness (QED) is 0.479. The minimum atomic E-state index is 0.270. The highest BCUT2D eigenvalue weighted by Crippen LogP contribution is 2.74. The average molecular weight is 148 g/mol. The Hall–Kier alpha value is -0.590. The molecule has 4 fully saturated rings. The van der Waals surface area contributed by atoms with E-state index in [-0.39, 0.29) is 5.92 Å². The Kier molecular flexibility index (Phi) is 0.721. The van der Waals surface area contributed by atoms with Crippen LogP contribution in [0, 0.1) is 23.2 Å². The molecule has 4 bridgehead atoms. The standard InChI is InChI=1S/C10H12O/c1-5-6-3-4-10(2)7(5)8(10)9(6)11/h6-8H,1,3-4H2,2H3. The van der Waals surface area contributed by atoms with Crippen molar-refractivity contribution in [3.63, 3.8) is 0 Å². The molecule has 4 unspecified atom stereocenters. The second-order valence-electron chi connectivity index (χ2n) is 4.53. The van der Waals surface area contributed by atoms with Crippen LogP contribution in [-0.2, 0) is 4.79 Å². The Balaban J connectivity index is 2.15. The monoisotopic (exact) mass is 148 g/mol. The van der Waals surface area contributed by atoms with Crippen LogP contribution in [0.3, 0.4) is 0 Å². The van der Waals surface area contributed by atoms with Crippen LogP contribution in [0.2, 0.25) is 0 Å². The molecule has 1 heteroatoms. The Morgan fingerprint density at radius 2 is 2.27 bits per heavy atom. The molecule has 4 atom stereocenters. The molecule has 1 nitrogen and oxygen atoms in total. The summed E-state index contributed by atoms with van der Waals surface area (Å²) < 4.78 is 0. The fourth-order valence-electron chi connectivity index (χ4n) is 3.40. The van der Waals surface area contributed by atoms with E-state index in [4.69, 9.17) is 0 Å². The Morgan fingerprint density at radius 3 is 2.64 bits per heavy atom. The zero-order valence-electron chi connectivity index (χ0n) is 6.76. The van der Waals surface area contributed by atoms with Crippen molar-refractivity contribution in [1.82, 2.24) is 0 Å². The van der Waals surface area contributed by atoms with E-state index in [0.717, 1.165) is 6.42 Å². The van der Waals surface area contributed by atoms with Gasteiger partial charge >= 0.3 is 0 Å². The van der Waals surface area contributed by atoms with Crippen molar-refractivity contribution in [3.05, 3.63) is 12.2 Å². The summed E-state index contributed by atoms with van der Waals surface area (Å²) in [6, 6.07) is 0. The van der Waals surface area contributed by atoms with Crippen LogP contribution in [0.5, 0.6) is 0 Å². The molecule has 0 radical (unpaired) electrons. The van der Waals surface area contributed by atoms with Gasteiger partial charge in [0, 0.05) is 11.8 Å². The van der Waals surface area contributed by atoms with Gasteiger partial charge in [0.1, 0.15) is 5.78 Å². The summed E-state index contributed by atoms with van der Waals surface area (Å²) >= 11 is 0. The highest BCUT2D eigenvalue weighted by molar-refractivity contribution is 5.96.